The number of amides is 1. The fraction of sp³-hybridized carbons (Fsp3) is 0.917. The molecule has 0 aromatic carbocycles. The minimum absolute atomic E-state index is 0.244. The Morgan fingerprint density at radius 1 is 1.13 bits per heavy atom. The predicted octanol–water partition coefficient (Wildman–Crippen LogP) is 1.34. The van der Waals surface area contributed by atoms with E-state index in [1.165, 1.54) is 38.8 Å². The van der Waals surface area contributed by atoms with E-state index < -0.39 is 0 Å². The van der Waals surface area contributed by atoms with Crippen molar-refractivity contribution in [3.05, 3.63) is 0 Å². The lowest BCUT2D eigenvalue weighted by Crippen LogP contribution is -2.49. The van der Waals surface area contributed by atoms with Gasteiger partial charge in [-0.15, -0.1) is 0 Å². The van der Waals surface area contributed by atoms with Gasteiger partial charge in [-0.05, 0) is 44.7 Å². The van der Waals surface area contributed by atoms with E-state index in [1.807, 2.05) is 4.90 Å². The normalized spacial score (nSPS) is 26.9. The first-order valence-corrected chi connectivity index (χ1v) is 6.05. The molecular weight excluding hydrogens is 188 g/mol. The van der Waals surface area contributed by atoms with E-state index in [0.717, 1.165) is 13.1 Å². The summed E-state index contributed by atoms with van der Waals surface area (Å²) in [6.07, 6.45) is 5.10. The SMILES string of the molecule is CC(=O)N1CCC2(CCCN(C)C2)CC1. The van der Waals surface area contributed by atoms with Crippen LogP contribution in [0, 0.1) is 5.41 Å². The van der Waals surface area contributed by atoms with Crippen molar-refractivity contribution in [1.82, 2.24) is 9.80 Å². The molecule has 0 N–H and O–H groups in total. The van der Waals surface area contributed by atoms with Crippen molar-refractivity contribution in [2.75, 3.05) is 33.2 Å². The van der Waals surface area contributed by atoms with Gasteiger partial charge in [0.15, 0.2) is 0 Å². The standard InChI is InChI=1S/C12H22N2O/c1-11(15)14-8-5-12(6-9-14)4-3-7-13(2)10-12/h3-10H2,1-2H3. The highest BCUT2D eigenvalue weighted by atomic mass is 16.2. The zero-order valence-corrected chi connectivity index (χ0v) is 9.96. The molecule has 0 aromatic rings. The molecule has 3 nitrogen and oxygen atoms in total. The summed E-state index contributed by atoms with van der Waals surface area (Å²) in [5.74, 6) is 0.244. The molecule has 0 aromatic heterocycles. The molecule has 0 bridgehead atoms. The van der Waals surface area contributed by atoms with Crippen LogP contribution in [0.25, 0.3) is 0 Å². The molecule has 0 atom stereocenters. The monoisotopic (exact) mass is 210 g/mol. The Labute approximate surface area is 92.4 Å². The number of rotatable bonds is 0. The molecule has 2 heterocycles. The summed E-state index contributed by atoms with van der Waals surface area (Å²) in [5, 5.41) is 0. The van der Waals surface area contributed by atoms with Gasteiger partial charge in [0.05, 0.1) is 0 Å². The molecule has 2 aliphatic rings. The lowest BCUT2D eigenvalue weighted by Gasteiger charge is -2.46. The largest absolute Gasteiger partial charge is 0.343 e. The molecule has 0 unspecified atom stereocenters. The first-order chi connectivity index (χ1) is 7.11. The minimum Gasteiger partial charge on any atom is -0.343 e. The predicted molar refractivity (Wildman–Crippen MR) is 60.7 cm³/mol. The second kappa shape index (κ2) is 4.12. The van der Waals surface area contributed by atoms with Gasteiger partial charge >= 0.3 is 0 Å². The number of piperidine rings is 2. The third kappa shape index (κ3) is 2.33. The molecule has 2 aliphatic heterocycles. The first-order valence-electron chi connectivity index (χ1n) is 6.05. The lowest BCUT2D eigenvalue weighted by atomic mass is 9.72. The number of likely N-dealkylation sites (tertiary alicyclic amines) is 2. The van der Waals surface area contributed by atoms with Crippen LogP contribution < -0.4 is 0 Å². The van der Waals surface area contributed by atoms with Crippen LogP contribution in [0.15, 0.2) is 0 Å². The number of carbonyl (C=O) groups excluding carboxylic acids is 1. The third-order valence-electron chi connectivity index (χ3n) is 4.12. The van der Waals surface area contributed by atoms with E-state index in [9.17, 15) is 4.79 Å². The topological polar surface area (TPSA) is 23.6 Å². The summed E-state index contributed by atoms with van der Waals surface area (Å²) in [4.78, 5) is 15.7. The first kappa shape index (κ1) is 10.9. The molecule has 0 aliphatic carbocycles. The second-order valence-corrected chi connectivity index (χ2v) is 5.35. The summed E-state index contributed by atoms with van der Waals surface area (Å²) in [7, 11) is 2.22. The summed E-state index contributed by atoms with van der Waals surface area (Å²) in [5.41, 5.74) is 0.527. The summed E-state index contributed by atoms with van der Waals surface area (Å²) < 4.78 is 0. The Kier molecular flexibility index (Phi) is 3.01. The van der Waals surface area contributed by atoms with Crippen molar-refractivity contribution in [3.63, 3.8) is 0 Å². The van der Waals surface area contributed by atoms with Crippen LogP contribution in [0.3, 0.4) is 0 Å². The van der Waals surface area contributed by atoms with Gasteiger partial charge < -0.3 is 9.80 Å². The van der Waals surface area contributed by atoms with Gasteiger partial charge in [-0.1, -0.05) is 0 Å². The molecular formula is C12H22N2O. The van der Waals surface area contributed by atoms with E-state index in [0.29, 0.717) is 5.41 Å². The summed E-state index contributed by atoms with van der Waals surface area (Å²) >= 11 is 0. The average Bonchev–Trinajstić information content (AvgIpc) is 2.18. The van der Waals surface area contributed by atoms with Gasteiger partial charge in [0.1, 0.15) is 0 Å². The Morgan fingerprint density at radius 3 is 2.33 bits per heavy atom. The van der Waals surface area contributed by atoms with Crippen LogP contribution in [-0.2, 0) is 4.79 Å². The molecule has 0 radical (unpaired) electrons. The summed E-state index contributed by atoms with van der Waals surface area (Å²) in [6, 6.07) is 0. The van der Waals surface area contributed by atoms with Gasteiger partial charge in [-0.2, -0.15) is 0 Å². The zero-order chi connectivity index (χ0) is 10.9. The fourth-order valence-corrected chi connectivity index (χ4v) is 3.16. The maximum atomic E-state index is 11.2. The fourth-order valence-electron chi connectivity index (χ4n) is 3.16. The maximum absolute atomic E-state index is 11.2. The Hall–Kier alpha value is -0.570. The van der Waals surface area contributed by atoms with E-state index in [1.54, 1.807) is 6.92 Å². The maximum Gasteiger partial charge on any atom is 0.219 e. The highest BCUT2D eigenvalue weighted by Gasteiger charge is 2.37. The van der Waals surface area contributed by atoms with Crippen LogP contribution in [0.2, 0.25) is 0 Å². The number of nitrogens with zero attached hydrogens (tertiary/aromatic N) is 2. The number of hydrogen-bond acceptors (Lipinski definition) is 2. The van der Waals surface area contributed by atoms with Gasteiger partial charge in [0, 0.05) is 26.6 Å². The van der Waals surface area contributed by atoms with E-state index >= 15 is 0 Å². The molecule has 1 spiro atoms. The van der Waals surface area contributed by atoms with Crippen LogP contribution in [-0.4, -0.2) is 48.9 Å². The molecule has 0 saturated carbocycles. The molecule has 2 rings (SSSR count). The van der Waals surface area contributed by atoms with Crippen molar-refractivity contribution in [2.45, 2.75) is 32.6 Å². The van der Waals surface area contributed by atoms with Crippen molar-refractivity contribution >= 4 is 5.91 Å². The molecule has 3 heteroatoms. The van der Waals surface area contributed by atoms with Crippen LogP contribution in [0.1, 0.15) is 32.6 Å². The smallest absolute Gasteiger partial charge is 0.219 e. The minimum atomic E-state index is 0.244. The van der Waals surface area contributed by atoms with Crippen molar-refractivity contribution in [3.8, 4) is 0 Å². The van der Waals surface area contributed by atoms with E-state index in [2.05, 4.69) is 11.9 Å². The highest BCUT2D eigenvalue weighted by Crippen LogP contribution is 2.39. The van der Waals surface area contributed by atoms with Gasteiger partial charge in [0.25, 0.3) is 0 Å². The Bertz CT molecular complexity index is 244. The molecule has 15 heavy (non-hydrogen) atoms. The van der Waals surface area contributed by atoms with E-state index in [-0.39, 0.29) is 5.91 Å². The van der Waals surface area contributed by atoms with Crippen molar-refractivity contribution in [2.24, 2.45) is 5.41 Å². The van der Waals surface area contributed by atoms with Gasteiger partial charge in [-0.25, -0.2) is 0 Å². The zero-order valence-electron chi connectivity index (χ0n) is 9.96. The van der Waals surface area contributed by atoms with Crippen LogP contribution in [0.5, 0.6) is 0 Å². The molecule has 2 saturated heterocycles. The highest BCUT2D eigenvalue weighted by molar-refractivity contribution is 5.73. The molecule has 1 amide bonds. The Balaban J connectivity index is 1.93. The van der Waals surface area contributed by atoms with Gasteiger partial charge in [-0.3, -0.25) is 4.79 Å². The van der Waals surface area contributed by atoms with Crippen LogP contribution >= 0.6 is 0 Å². The molecule has 2 fully saturated rings. The number of carbonyl (C=O) groups is 1. The van der Waals surface area contributed by atoms with E-state index in [4.69, 9.17) is 0 Å². The Morgan fingerprint density at radius 2 is 1.80 bits per heavy atom. The lowest BCUT2D eigenvalue weighted by molar-refractivity contribution is -0.131. The average molecular weight is 210 g/mol. The van der Waals surface area contributed by atoms with Crippen LogP contribution in [0.4, 0.5) is 0 Å². The van der Waals surface area contributed by atoms with Crippen molar-refractivity contribution in [1.29, 1.82) is 0 Å². The van der Waals surface area contributed by atoms with Crippen molar-refractivity contribution < 1.29 is 4.79 Å². The quantitative estimate of drug-likeness (QED) is 0.602. The number of hydrogen-bond donors (Lipinski definition) is 0. The van der Waals surface area contributed by atoms with Gasteiger partial charge in [0.2, 0.25) is 5.91 Å². The third-order valence-corrected chi connectivity index (χ3v) is 4.12. The summed E-state index contributed by atoms with van der Waals surface area (Å²) in [6.45, 7) is 6.12. The molecule has 86 valence electrons. The second-order valence-electron chi connectivity index (χ2n) is 5.35.